The second kappa shape index (κ2) is 9.44. The molecule has 0 spiro atoms. The van der Waals surface area contributed by atoms with Crippen molar-refractivity contribution in [3.63, 3.8) is 0 Å². The Kier molecular flexibility index (Phi) is 6.45. The van der Waals surface area contributed by atoms with E-state index in [9.17, 15) is 4.79 Å². The standard InChI is InChI=1S/C25H21IN2O4/c1-30-19-9-7-18(8-10-19)28-24(27-21-11-6-17(26)15-20(21)25(28)29)13-5-16-4-12-22(31-2)23(14-16)32-3/h4-15H,1-3H3/b13-5+. The third-order valence-corrected chi connectivity index (χ3v) is 5.69. The highest BCUT2D eigenvalue weighted by Gasteiger charge is 2.12. The Morgan fingerprint density at radius 3 is 2.28 bits per heavy atom. The van der Waals surface area contributed by atoms with Crippen LogP contribution in [0.1, 0.15) is 11.4 Å². The molecular formula is C25H21IN2O4. The van der Waals surface area contributed by atoms with Gasteiger partial charge in [-0.05, 0) is 88.8 Å². The van der Waals surface area contributed by atoms with Crippen LogP contribution in [0.3, 0.4) is 0 Å². The zero-order valence-electron chi connectivity index (χ0n) is 17.8. The molecule has 32 heavy (non-hydrogen) atoms. The molecule has 7 heteroatoms. The number of hydrogen-bond acceptors (Lipinski definition) is 5. The molecule has 0 unspecified atom stereocenters. The first-order valence-electron chi connectivity index (χ1n) is 9.81. The molecule has 0 bridgehead atoms. The number of fused-ring (bicyclic) bond motifs is 1. The van der Waals surface area contributed by atoms with E-state index in [4.69, 9.17) is 19.2 Å². The highest BCUT2D eigenvalue weighted by Crippen LogP contribution is 2.28. The molecule has 162 valence electrons. The molecule has 0 saturated heterocycles. The van der Waals surface area contributed by atoms with Crippen LogP contribution in [0.4, 0.5) is 0 Å². The van der Waals surface area contributed by atoms with Crippen LogP contribution in [-0.4, -0.2) is 30.9 Å². The number of ether oxygens (including phenoxy) is 3. The summed E-state index contributed by atoms with van der Waals surface area (Å²) in [7, 11) is 4.80. The van der Waals surface area contributed by atoms with E-state index in [-0.39, 0.29) is 5.56 Å². The Labute approximate surface area is 199 Å². The monoisotopic (exact) mass is 540 g/mol. The lowest BCUT2D eigenvalue weighted by molar-refractivity contribution is 0.355. The summed E-state index contributed by atoms with van der Waals surface area (Å²) in [5.74, 6) is 2.51. The van der Waals surface area contributed by atoms with Crippen molar-refractivity contribution in [2.45, 2.75) is 0 Å². The third-order valence-electron chi connectivity index (χ3n) is 5.02. The average Bonchev–Trinajstić information content (AvgIpc) is 2.83. The molecular weight excluding hydrogens is 519 g/mol. The third kappa shape index (κ3) is 4.34. The minimum atomic E-state index is -0.134. The zero-order chi connectivity index (χ0) is 22.7. The van der Waals surface area contributed by atoms with Gasteiger partial charge in [-0.2, -0.15) is 0 Å². The fraction of sp³-hybridized carbons (Fsp3) is 0.120. The summed E-state index contributed by atoms with van der Waals surface area (Å²) < 4.78 is 18.5. The molecule has 4 aromatic rings. The van der Waals surface area contributed by atoms with Crippen LogP contribution in [0.25, 0.3) is 28.7 Å². The van der Waals surface area contributed by atoms with Gasteiger partial charge >= 0.3 is 0 Å². The van der Waals surface area contributed by atoms with Crippen molar-refractivity contribution in [1.82, 2.24) is 9.55 Å². The first-order chi connectivity index (χ1) is 15.5. The quantitative estimate of drug-likeness (QED) is 0.316. The number of aromatic nitrogens is 2. The number of benzene rings is 3. The molecule has 0 atom stereocenters. The van der Waals surface area contributed by atoms with Crippen molar-refractivity contribution in [1.29, 1.82) is 0 Å². The van der Waals surface area contributed by atoms with Crippen molar-refractivity contribution >= 4 is 45.6 Å². The second-order valence-electron chi connectivity index (χ2n) is 6.92. The van der Waals surface area contributed by atoms with Crippen LogP contribution in [0.15, 0.2) is 65.5 Å². The molecule has 0 N–H and O–H groups in total. The van der Waals surface area contributed by atoms with Crippen molar-refractivity contribution < 1.29 is 14.2 Å². The highest BCUT2D eigenvalue weighted by atomic mass is 127. The molecule has 0 fully saturated rings. The normalized spacial score (nSPS) is 11.1. The minimum Gasteiger partial charge on any atom is -0.497 e. The summed E-state index contributed by atoms with van der Waals surface area (Å²) in [5, 5.41) is 0.566. The summed E-state index contributed by atoms with van der Waals surface area (Å²) in [5.41, 5.74) is 2.11. The molecule has 1 heterocycles. The lowest BCUT2D eigenvalue weighted by Crippen LogP contribution is -2.22. The maximum absolute atomic E-state index is 13.5. The molecule has 0 aliphatic heterocycles. The van der Waals surface area contributed by atoms with E-state index in [1.807, 2.05) is 72.8 Å². The number of hydrogen-bond donors (Lipinski definition) is 0. The maximum Gasteiger partial charge on any atom is 0.266 e. The van der Waals surface area contributed by atoms with Gasteiger partial charge in [0, 0.05) is 3.57 Å². The van der Waals surface area contributed by atoms with Crippen LogP contribution in [0, 0.1) is 3.57 Å². The SMILES string of the molecule is COc1ccc(-n2c(/C=C/c3ccc(OC)c(OC)c3)nc3ccc(I)cc3c2=O)cc1. The number of nitrogens with zero attached hydrogens (tertiary/aromatic N) is 2. The maximum atomic E-state index is 13.5. The summed E-state index contributed by atoms with van der Waals surface area (Å²) in [6.07, 6.45) is 3.71. The Balaban J connectivity index is 1.88. The summed E-state index contributed by atoms with van der Waals surface area (Å²) >= 11 is 2.20. The van der Waals surface area contributed by atoms with Gasteiger partial charge in [-0.1, -0.05) is 12.1 Å². The number of methoxy groups -OCH3 is 3. The van der Waals surface area contributed by atoms with Crippen molar-refractivity contribution in [3.05, 3.63) is 86.0 Å². The van der Waals surface area contributed by atoms with E-state index in [1.165, 1.54) is 0 Å². The zero-order valence-corrected chi connectivity index (χ0v) is 20.0. The second-order valence-corrected chi connectivity index (χ2v) is 8.16. The van der Waals surface area contributed by atoms with Crippen molar-refractivity contribution in [2.75, 3.05) is 21.3 Å². The van der Waals surface area contributed by atoms with Gasteiger partial charge in [0.1, 0.15) is 11.6 Å². The summed E-state index contributed by atoms with van der Waals surface area (Å²) in [6.45, 7) is 0. The molecule has 0 saturated carbocycles. The summed E-state index contributed by atoms with van der Waals surface area (Å²) in [6, 6.07) is 18.6. The smallest absolute Gasteiger partial charge is 0.266 e. The Morgan fingerprint density at radius 1 is 0.844 bits per heavy atom. The molecule has 0 radical (unpaired) electrons. The lowest BCUT2D eigenvalue weighted by Gasteiger charge is -2.12. The van der Waals surface area contributed by atoms with Gasteiger partial charge in [0.15, 0.2) is 11.5 Å². The molecule has 0 aliphatic carbocycles. The average molecular weight is 540 g/mol. The van der Waals surface area contributed by atoms with E-state index in [0.29, 0.717) is 39.7 Å². The van der Waals surface area contributed by atoms with Crippen LogP contribution in [-0.2, 0) is 0 Å². The van der Waals surface area contributed by atoms with E-state index in [0.717, 1.165) is 9.13 Å². The largest absolute Gasteiger partial charge is 0.497 e. The van der Waals surface area contributed by atoms with Gasteiger partial charge in [-0.25, -0.2) is 4.98 Å². The van der Waals surface area contributed by atoms with Crippen molar-refractivity contribution in [2.24, 2.45) is 0 Å². The van der Waals surface area contributed by atoms with Gasteiger partial charge < -0.3 is 14.2 Å². The fourth-order valence-electron chi connectivity index (χ4n) is 3.39. The molecule has 0 aliphatic rings. The predicted molar refractivity (Wildman–Crippen MR) is 135 cm³/mol. The molecule has 1 aromatic heterocycles. The first-order valence-corrected chi connectivity index (χ1v) is 10.9. The Hall–Kier alpha value is -3.33. The molecule has 4 rings (SSSR count). The van der Waals surface area contributed by atoms with Crippen LogP contribution in [0.5, 0.6) is 17.2 Å². The van der Waals surface area contributed by atoms with Crippen molar-refractivity contribution in [3.8, 4) is 22.9 Å². The Morgan fingerprint density at radius 2 is 1.59 bits per heavy atom. The first kappa shape index (κ1) is 21.9. The van der Waals surface area contributed by atoms with E-state index in [2.05, 4.69) is 22.6 Å². The molecule has 0 amide bonds. The fourth-order valence-corrected chi connectivity index (χ4v) is 3.89. The van der Waals surface area contributed by atoms with Crippen LogP contribution >= 0.6 is 22.6 Å². The van der Waals surface area contributed by atoms with Crippen LogP contribution < -0.4 is 19.8 Å². The van der Waals surface area contributed by atoms with Gasteiger partial charge in [0.25, 0.3) is 5.56 Å². The lowest BCUT2D eigenvalue weighted by atomic mass is 10.1. The van der Waals surface area contributed by atoms with Gasteiger partial charge in [-0.3, -0.25) is 9.36 Å². The Bertz CT molecular complexity index is 1360. The van der Waals surface area contributed by atoms with E-state index < -0.39 is 0 Å². The molecule has 6 nitrogen and oxygen atoms in total. The minimum absolute atomic E-state index is 0.134. The van der Waals surface area contributed by atoms with E-state index in [1.54, 1.807) is 25.9 Å². The van der Waals surface area contributed by atoms with Crippen LogP contribution in [0.2, 0.25) is 0 Å². The van der Waals surface area contributed by atoms with Gasteiger partial charge in [0.2, 0.25) is 0 Å². The predicted octanol–water partition coefficient (Wildman–Crippen LogP) is 5.19. The van der Waals surface area contributed by atoms with Gasteiger partial charge in [0.05, 0.1) is 37.9 Å². The number of halogens is 1. The number of rotatable bonds is 6. The highest BCUT2D eigenvalue weighted by molar-refractivity contribution is 14.1. The summed E-state index contributed by atoms with van der Waals surface area (Å²) in [4.78, 5) is 18.2. The topological polar surface area (TPSA) is 62.6 Å². The van der Waals surface area contributed by atoms with E-state index >= 15 is 0 Å². The molecule has 3 aromatic carbocycles. The van der Waals surface area contributed by atoms with Gasteiger partial charge in [-0.15, -0.1) is 0 Å².